The lowest BCUT2D eigenvalue weighted by atomic mass is 9.95. The molecule has 1 aliphatic carbocycles. The summed E-state index contributed by atoms with van der Waals surface area (Å²) in [6.07, 6.45) is 3.63. The van der Waals surface area contributed by atoms with Crippen molar-refractivity contribution in [1.82, 2.24) is 4.90 Å². The average Bonchev–Trinajstić information content (AvgIpc) is 3.37. The van der Waals surface area contributed by atoms with Gasteiger partial charge in [-0.1, -0.05) is 24.3 Å². The first-order chi connectivity index (χ1) is 19.4. The van der Waals surface area contributed by atoms with Gasteiger partial charge < -0.3 is 29.4 Å². The van der Waals surface area contributed by atoms with Gasteiger partial charge in [0, 0.05) is 36.9 Å². The molecule has 5 rings (SSSR count). The minimum absolute atomic E-state index is 0.0805. The van der Waals surface area contributed by atoms with E-state index in [4.69, 9.17) is 18.9 Å². The minimum atomic E-state index is -0.102. The third kappa shape index (κ3) is 5.46. The van der Waals surface area contributed by atoms with Crippen LogP contribution >= 0.6 is 0 Å². The van der Waals surface area contributed by atoms with E-state index in [2.05, 4.69) is 10.2 Å². The van der Waals surface area contributed by atoms with Crippen LogP contribution in [0.3, 0.4) is 0 Å². The van der Waals surface area contributed by atoms with Gasteiger partial charge in [0.25, 0.3) is 0 Å². The van der Waals surface area contributed by atoms with Gasteiger partial charge in [0.1, 0.15) is 5.75 Å². The second-order valence-corrected chi connectivity index (χ2v) is 10.4. The molecular weight excluding hydrogens is 508 g/mol. The fourth-order valence-corrected chi connectivity index (χ4v) is 5.95. The number of nitrogens with one attached hydrogen (secondary N) is 1. The van der Waals surface area contributed by atoms with Crippen LogP contribution in [0.4, 0.5) is 5.69 Å². The Morgan fingerprint density at radius 3 is 2.52 bits per heavy atom. The number of nitrogens with zero attached hydrogens (tertiary/aromatic N) is 1. The van der Waals surface area contributed by atoms with Crippen LogP contribution < -0.4 is 25.0 Å². The number of aryl methyl sites for hydroxylation is 1. The van der Waals surface area contributed by atoms with Gasteiger partial charge in [-0.25, -0.2) is 0 Å². The van der Waals surface area contributed by atoms with Gasteiger partial charge in [0.05, 0.1) is 33.1 Å². The van der Waals surface area contributed by atoms with Crippen LogP contribution in [-0.2, 0) is 17.7 Å². The zero-order chi connectivity index (χ0) is 28.2. The smallest absolute Gasteiger partial charge is 0.203 e. The Labute approximate surface area is 235 Å². The standard InChI is InChI=1S/C32H38N2O6/c1-34(19-21-8-5-6-10-27(21)35)26-14-11-20-16-29(37-2)31(38-3)32(39-4)30(20)23-12-13-25(28(36)17-24(23)26)33-18-22-9-7-15-40-22/h5-6,8,10,12-13,16-17,22,26,35H,7,9,11,14-15,18-19H2,1-4H3,(H,33,36)/t22-,26-/m1/s1. The molecule has 40 heavy (non-hydrogen) atoms. The summed E-state index contributed by atoms with van der Waals surface area (Å²) in [6, 6.07) is 14.9. The van der Waals surface area contributed by atoms with Crippen molar-refractivity contribution in [3.05, 3.63) is 75.4 Å². The van der Waals surface area contributed by atoms with Crippen molar-refractivity contribution < 1.29 is 24.1 Å². The monoisotopic (exact) mass is 546 g/mol. The van der Waals surface area contributed by atoms with Crippen LogP contribution in [-0.4, -0.2) is 57.6 Å². The zero-order valence-electron chi connectivity index (χ0n) is 23.7. The fourth-order valence-electron chi connectivity index (χ4n) is 5.95. The number of hydrogen-bond acceptors (Lipinski definition) is 8. The quantitative estimate of drug-likeness (QED) is 0.381. The van der Waals surface area contributed by atoms with Gasteiger partial charge in [-0.2, -0.15) is 0 Å². The number of hydrogen-bond donors (Lipinski definition) is 2. The van der Waals surface area contributed by atoms with Crippen LogP contribution in [0.2, 0.25) is 0 Å². The highest BCUT2D eigenvalue weighted by atomic mass is 16.5. The van der Waals surface area contributed by atoms with Crippen molar-refractivity contribution >= 4 is 5.69 Å². The molecule has 0 aromatic heterocycles. The molecule has 8 nitrogen and oxygen atoms in total. The first kappa shape index (κ1) is 27.8. The number of ether oxygens (including phenoxy) is 4. The molecule has 212 valence electrons. The minimum Gasteiger partial charge on any atom is -0.508 e. The summed E-state index contributed by atoms with van der Waals surface area (Å²) in [4.78, 5) is 15.8. The van der Waals surface area contributed by atoms with Gasteiger partial charge in [-0.3, -0.25) is 9.69 Å². The fraction of sp³-hybridized carbons (Fsp3) is 0.406. The van der Waals surface area contributed by atoms with Crippen molar-refractivity contribution in [2.24, 2.45) is 0 Å². The van der Waals surface area contributed by atoms with E-state index in [9.17, 15) is 9.90 Å². The van der Waals surface area contributed by atoms with E-state index in [0.717, 1.165) is 60.1 Å². The number of rotatable bonds is 9. The van der Waals surface area contributed by atoms with Crippen molar-refractivity contribution in [3.63, 3.8) is 0 Å². The number of para-hydroxylation sites is 1. The predicted octanol–water partition coefficient (Wildman–Crippen LogP) is 5.16. The number of methoxy groups -OCH3 is 3. The van der Waals surface area contributed by atoms with Gasteiger partial charge in [0.15, 0.2) is 11.5 Å². The highest BCUT2D eigenvalue weighted by Gasteiger charge is 2.31. The van der Waals surface area contributed by atoms with E-state index in [-0.39, 0.29) is 23.3 Å². The predicted molar refractivity (Wildman–Crippen MR) is 156 cm³/mol. The molecule has 8 heteroatoms. The summed E-state index contributed by atoms with van der Waals surface area (Å²) < 4.78 is 23.1. The molecular formula is C32H38N2O6. The summed E-state index contributed by atoms with van der Waals surface area (Å²) in [5, 5.41) is 13.8. The maximum absolute atomic E-state index is 13.6. The lowest BCUT2D eigenvalue weighted by molar-refractivity contribution is 0.120. The van der Waals surface area contributed by atoms with Crippen LogP contribution in [0.25, 0.3) is 11.1 Å². The van der Waals surface area contributed by atoms with E-state index >= 15 is 0 Å². The van der Waals surface area contributed by atoms with Crippen LogP contribution in [0.15, 0.2) is 53.3 Å². The van der Waals surface area contributed by atoms with Gasteiger partial charge in [0.2, 0.25) is 11.2 Å². The molecule has 3 aromatic rings. The number of benzene rings is 2. The summed E-state index contributed by atoms with van der Waals surface area (Å²) >= 11 is 0. The Hall–Kier alpha value is -3.75. The zero-order valence-corrected chi connectivity index (χ0v) is 23.7. The maximum Gasteiger partial charge on any atom is 0.203 e. The van der Waals surface area contributed by atoms with Gasteiger partial charge >= 0.3 is 0 Å². The number of phenols is 1. The van der Waals surface area contributed by atoms with Crippen LogP contribution in [0, 0.1) is 0 Å². The number of phenolic OH excluding ortho intramolecular Hbond substituents is 1. The summed E-state index contributed by atoms with van der Waals surface area (Å²) in [5.41, 5.74) is 5.04. The highest BCUT2D eigenvalue weighted by molar-refractivity contribution is 5.83. The Morgan fingerprint density at radius 1 is 1.02 bits per heavy atom. The number of aromatic hydroxyl groups is 1. The molecule has 0 bridgehead atoms. The summed E-state index contributed by atoms with van der Waals surface area (Å²) in [6.45, 7) is 1.87. The van der Waals surface area contributed by atoms with E-state index in [1.165, 1.54) is 0 Å². The van der Waals surface area contributed by atoms with Gasteiger partial charge in [-0.15, -0.1) is 0 Å². The molecule has 2 aliphatic rings. The Kier molecular flexibility index (Phi) is 8.47. The summed E-state index contributed by atoms with van der Waals surface area (Å²) in [5.74, 6) is 1.95. The van der Waals surface area contributed by atoms with E-state index in [0.29, 0.717) is 36.0 Å². The lowest BCUT2D eigenvalue weighted by Gasteiger charge is -2.28. The first-order valence-corrected chi connectivity index (χ1v) is 13.8. The lowest BCUT2D eigenvalue weighted by Crippen LogP contribution is -2.25. The molecule has 0 unspecified atom stereocenters. The second-order valence-electron chi connectivity index (χ2n) is 10.4. The molecule has 0 saturated carbocycles. The molecule has 1 heterocycles. The van der Waals surface area contributed by atoms with E-state index in [1.807, 2.05) is 43.4 Å². The Bertz CT molecular complexity index is 1420. The average molecular weight is 547 g/mol. The van der Waals surface area contributed by atoms with E-state index < -0.39 is 0 Å². The molecule has 0 radical (unpaired) electrons. The SMILES string of the molecule is COc1cc2c(c(OC)c1OC)-c1ccc(NC[C@H]3CCCO3)c(=O)cc1[C@H](N(C)Cc1ccccc1O)CC2. The Morgan fingerprint density at radius 2 is 1.82 bits per heavy atom. The normalized spacial score (nSPS) is 18.0. The third-order valence-corrected chi connectivity index (χ3v) is 7.99. The van der Waals surface area contributed by atoms with Crippen molar-refractivity contribution in [2.75, 3.05) is 46.8 Å². The molecule has 0 amide bonds. The van der Waals surface area contributed by atoms with Crippen molar-refractivity contribution in [3.8, 4) is 34.1 Å². The topological polar surface area (TPSA) is 89.5 Å². The third-order valence-electron chi connectivity index (χ3n) is 7.99. The highest BCUT2D eigenvalue weighted by Crippen LogP contribution is 2.51. The largest absolute Gasteiger partial charge is 0.508 e. The number of fused-ring (bicyclic) bond motifs is 3. The van der Waals surface area contributed by atoms with Crippen molar-refractivity contribution in [2.45, 2.75) is 44.4 Å². The molecule has 1 aliphatic heterocycles. The molecule has 3 aromatic carbocycles. The molecule has 1 saturated heterocycles. The molecule has 0 spiro atoms. The van der Waals surface area contributed by atoms with Crippen LogP contribution in [0.5, 0.6) is 23.0 Å². The van der Waals surface area contributed by atoms with Gasteiger partial charge in [-0.05, 0) is 73.7 Å². The van der Waals surface area contributed by atoms with Crippen molar-refractivity contribution in [1.29, 1.82) is 0 Å². The Balaban J connectivity index is 1.65. The molecule has 2 atom stereocenters. The number of anilines is 1. The molecule has 2 N–H and O–H groups in total. The maximum atomic E-state index is 13.6. The second kappa shape index (κ2) is 12.2. The van der Waals surface area contributed by atoms with E-state index in [1.54, 1.807) is 33.5 Å². The summed E-state index contributed by atoms with van der Waals surface area (Å²) in [7, 11) is 6.87. The van der Waals surface area contributed by atoms with Crippen LogP contribution in [0.1, 0.15) is 42.0 Å². The molecule has 1 fully saturated rings. The first-order valence-electron chi connectivity index (χ1n) is 13.8.